The molecule has 4 heterocycles. The second kappa shape index (κ2) is 9.04. The van der Waals surface area contributed by atoms with E-state index in [1.165, 1.54) is 11.8 Å². The third kappa shape index (κ3) is 3.57. The molecule has 0 N–H and O–H groups in total. The molecule has 178 valence electrons. The first kappa shape index (κ1) is 22.2. The van der Waals surface area contributed by atoms with Gasteiger partial charge in [-0.05, 0) is 49.7 Å². The van der Waals surface area contributed by atoms with E-state index in [0.29, 0.717) is 23.5 Å². The molecule has 0 saturated heterocycles. The molecule has 36 heavy (non-hydrogen) atoms. The van der Waals surface area contributed by atoms with Gasteiger partial charge in [-0.2, -0.15) is 0 Å². The minimum absolute atomic E-state index is 0.0624. The van der Waals surface area contributed by atoms with Crippen LogP contribution in [0, 0.1) is 6.92 Å². The van der Waals surface area contributed by atoms with Crippen molar-refractivity contribution in [2.75, 3.05) is 0 Å². The highest BCUT2D eigenvalue weighted by atomic mass is 32.2. The standard InChI is InChI=1S/C26H22N8OS/c1-3-32-24(35)19-11-5-7-13-21(19)33-22(28-30-25(32)33)16-36-26-31-29-23(18-10-8-14-27-15-18)34(26)20-12-6-4-9-17(20)2/h4-15H,3,16H2,1-2H3. The van der Waals surface area contributed by atoms with E-state index in [1.807, 2.05) is 59.9 Å². The van der Waals surface area contributed by atoms with Gasteiger partial charge in [-0.25, -0.2) is 0 Å². The SMILES string of the molecule is CCn1c(=O)c2ccccc2n2c(CSc3nnc(-c4cccnc4)n3-c3ccccc3C)nnc12. The third-order valence-electron chi connectivity index (χ3n) is 6.13. The molecule has 0 spiro atoms. The van der Waals surface area contributed by atoms with Gasteiger partial charge in [0.2, 0.25) is 5.78 Å². The van der Waals surface area contributed by atoms with E-state index in [0.717, 1.165) is 39.1 Å². The Bertz CT molecular complexity index is 1770. The Morgan fingerprint density at radius 2 is 1.75 bits per heavy atom. The van der Waals surface area contributed by atoms with Crippen LogP contribution in [0.15, 0.2) is 83.0 Å². The second-order valence-electron chi connectivity index (χ2n) is 8.28. The van der Waals surface area contributed by atoms with E-state index in [9.17, 15) is 4.79 Å². The molecule has 10 heteroatoms. The maximum Gasteiger partial charge on any atom is 0.262 e. The zero-order chi connectivity index (χ0) is 24.6. The Morgan fingerprint density at radius 1 is 0.917 bits per heavy atom. The number of pyridine rings is 1. The highest BCUT2D eigenvalue weighted by Gasteiger charge is 2.20. The average Bonchev–Trinajstić information content (AvgIpc) is 3.53. The third-order valence-corrected chi connectivity index (χ3v) is 7.06. The lowest BCUT2D eigenvalue weighted by molar-refractivity contribution is 0.735. The molecule has 0 atom stereocenters. The fraction of sp³-hybridized carbons (Fsp3) is 0.154. The van der Waals surface area contributed by atoms with Crippen molar-refractivity contribution in [3.05, 3.63) is 94.8 Å². The first-order chi connectivity index (χ1) is 17.7. The van der Waals surface area contributed by atoms with Crippen molar-refractivity contribution in [2.24, 2.45) is 0 Å². The van der Waals surface area contributed by atoms with Gasteiger partial charge in [0, 0.05) is 24.5 Å². The normalized spacial score (nSPS) is 11.5. The van der Waals surface area contributed by atoms with Gasteiger partial charge in [-0.1, -0.05) is 42.1 Å². The van der Waals surface area contributed by atoms with Crippen molar-refractivity contribution < 1.29 is 0 Å². The number of hydrogen-bond acceptors (Lipinski definition) is 7. The van der Waals surface area contributed by atoms with Crippen LogP contribution in [-0.4, -0.2) is 38.9 Å². The largest absolute Gasteiger partial charge is 0.277 e. The minimum atomic E-state index is -0.0624. The number of thioether (sulfide) groups is 1. The number of para-hydroxylation sites is 2. The number of benzene rings is 2. The van der Waals surface area contributed by atoms with Crippen LogP contribution in [0.5, 0.6) is 0 Å². The van der Waals surface area contributed by atoms with E-state index in [1.54, 1.807) is 17.0 Å². The number of fused-ring (bicyclic) bond motifs is 3. The predicted molar refractivity (Wildman–Crippen MR) is 139 cm³/mol. The van der Waals surface area contributed by atoms with Crippen LogP contribution in [0.25, 0.3) is 33.8 Å². The molecule has 9 nitrogen and oxygen atoms in total. The molecule has 0 unspecified atom stereocenters. The van der Waals surface area contributed by atoms with Crippen LogP contribution in [0.3, 0.4) is 0 Å². The first-order valence-corrected chi connectivity index (χ1v) is 12.6. The lowest BCUT2D eigenvalue weighted by Gasteiger charge is -2.13. The molecule has 0 aliphatic rings. The van der Waals surface area contributed by atoms with E-state index >= 15 is 0 Å². The summed E-state index contributed by atoms with van der Waals surface area (Å²) in [4.78, 5) is 17.2. The number of hydrogen-bond donors (Lipinski definition) is 0. The van der Waals surface area contributed by atoms with Crippen molar-refractivity contribution in [1.82, 2.24) is 38.9 Å². The van der Waals surface area contributed by atoms with E-state index in [-0.39, 0.29) is 5.56 Å². The van der Waals surface area contributed by atoms with Crippen molar-refractivity contribution in [1.29, 1.82) is 0 Å². The minimum Gasteiger partial charge on any atom is -0.277 e. The van der Waals surface area contributed by atoms with Gasteiger partial charge < -0.3 is 0 Å². The molecule has 0 bridgehead atoms. The molecule has 6 aromatic rings. The van der Waals surface area contributed by atoms with Gasteiger partial charge in [-0.3, -0.25) is 23.3 Å². The number of rotatable bonds is 6. The number of nitrogens with zero attached hydrogens (tertiary/aromatic N) is 8. The Balaban J connectivity index is 1.47. The van der Waals surface area contributed by atoms with Gasteiger partial charge >= 0.3 is 0 Å². The second-order valence-corrected chi connectivity index (χ2v) is 9.22. The molecule has 0 saturated carbocycles. The highest BCUT2D eigenvalue weighted by Crippen LogP contribution is 2.31. The molecule has 0 amide bonds. The molecule has 0 radical (unpaired) electrons. The van der Waals surface area contributed by atoms with E-state index < -0.39 is 0 Å². The van der Waals surface area contributed by atoms with E-state index in [2.05, 4.69) is 49.0 Å². The molecule has 0 aliphatic heterocycles. The Hall–Kier alpha value is -4.31. The fourth-order valence-corrected chi connectivity index (χ4v) is 5.26. The molecular weight excluding hydrogens is 472 g/mol. The quantitative estimate of drug-likeness (QED) is 0.318. The monoisotopic (exact) mass is 494 g/mol. The summed E-state index contributed by atoms with van der Waals surface area (Å²) in [6, 6.07) is 19.6. The number of aromatic nitrogens is 8. The van der Waals surface area contributed by atoms with Crippen LogP contribution in [0.2, 0.25) is 0 Å². The highest BCUT2D eigenvalue weighted by molar-refractivity contribution is 7.98. The Labute approximate surface area is 210 Å². The van der Waals surface area contributed by atoms with Gasteiger partial charge in [-0.15, -0.1) is 20.4 Å². The summed E-state index contributed by atoms with van der Waals surface area (Å²) in [5.74, 6) is 2.48. The van der Waals surface area contributed by atoms with Crippen LogP contribution in [0.1, 0.15) is 18.3 Å². The smallest absolute Gasteiger partial charge is 0.262 e. The summed E-state index contributed by atoms with van der Waals surface area (Å²) in [6.07, 6.45) is 3.53. The van der Waals surface area contributed by atoms with Crippen molar-refractivity contribution in [3.63, 3.8) is 0 Å². The molecule has 0 aliphatic carbocycles. The maximum absolute atomic E-state index is 13.0. The lowest BCUT2D eigenvalue weighted by Crippen LogP contribution is -2.22. The first-order valence-electron chi connectivity index (χ1n) is 11.6. The van der Waals surface area contributed by atoms with Crippen LogP contribution in [0.4, 0.5) is 0 Å². The van der Waals surface area contributed by atoms with Gasteiger partial charge in [0.25, 0.3) is 5.56 Å². The topological polar surface area (TPSA) is 95.8 Å². The van der Waals surface area contributed by atoms with Crippen LogP contribution in [-0.2, 0) is 12.3 Å². The summed E-state index contributed by atoms with van der Waals surface area (Å²) in [6.45, 7) is 4.51. The Morgan fingerprint density at radius 3 is 2.56 bits per heavy atom. The van der Waals surface area contributed by atoms with Gasteiger partial charge in [0.1, 0.15) is 5.82 Å². The predicted octanol–water partition coefficient (Wildman–Crippen LogP) is 4.31. The molecular formula is C26H22N8OS. The van der Waals surface area contributed by atoms with Crippen molar-refractivity contribution >= 4 is 28.4 Å². The summed E-state index contributed by atoms with van der Waals surface area (Å²) in [7, 11) is 0. The zero-order valence-corrected chi connectivity index (χ0v) is 20.6. The van der Waals surface area contributed by atoms with Crippen molar-refractivity contribution in [2.45, 2.75) is 31.3 Å². The molecule has 6 rings (SSSR count). The fourth-order valence-electron chi connectivity index (χ4n) is 4.40. The lowest BCUT2D eigenvalue weighted by atomic mass is 10.2. The summed E-state index contributed by atoms with van der Waals surface area (Å²) in [5.41, 5.74) is 3.72. The molecule has 4 aromatic heterocycles. The number of aryl methyl sites for hydroxylation is 2. The average molecular weight is 495 g/mol. The molecule has 0 fully saturated rings. The van der Waals surface area contributed by atoms with Gasteiger partial charge in [0.15, 0.2) is 11.0 Å². The zero-order valence-electron chi connectivity index (χ0n) is 19.7. The van der Waals surface area contributed by atoms with Gasteiger partial charge in [0.05, 0.1) is 22.3 Å². The Kier molecular flexibility index (Phi) is 5.57. The van der Waals surface area contributed by atoms with E-state index in [4.69, 9.17) is 0 Å². The summed E-state index contributed by atoms with van der Waals surface area (Å²) < 4.78 is 5.67. The maximum atomic E-state index is 13.0. The van der Waals surface area contributed by atoms with Crippen molar-refractivity contribution in [3.8, 4) is 17.1 Å². The summed E-state index contributed by atoms with van der Waals surface area (Å²) in [5, 5.41) is 19.3. The molecule has 2 aromatic carbocycles. The van der Waals surface area contributed by atoms with Crippen LogP contribution < -0.4 is 5.56 Å². The van der Waals surface area contributed by atoms with Crippen LogP contribution >= 0.6 is 11.8 Å². The summed E-state index contributed by atoms with van der Waals surface area (Å²) >= 11 is 1.52.